The fourth-order valence-electron chi connectivity index (χ4n) is 5.80. The van der Waals surface area contributed by atoms with Crippen LogP contribution in [0.15, 0.2) is 60.0 Å². The molecular weight excluding hydrogens is 494 g/mol. The van der Waals surface area contributed by atoms with E-state index in [0.717, 1.165) is 68.8 Å². The van der Waals surface area contributed by atoms with Crippen molar-refractivity contribution in [2.24, 2.45) is 5.41 Å². The predicted molar refractivity (Wildman–Crippen MR) is 151 cm³/mol. The van der Waals surface area contributed by atoms with E-state index in [1.165, 1.54) is 11.1 Å². The van der Waals surface area contributed by atoms with Gasteiger partial charge in [0.2, 0.25) is 5.91 Å². The molecule has 2 aliphatic heterocycles. The Morgan fingerprint density at radius 3 is 2.50 bits per heavy atom. The van der Waals surface area contributed by atoms with E-state index in [-0.39, 0.29) is 17.2 Å². The number of ether oxygens (including phenoxy) is 1. The normalized spacial score (nSPS) is 18.1. The molecule has 3 heterocycles. The standard InChI is InChI=1S/C31H37N3O3S/c1-24(35)33-17-15-31(16-18-33)14-8-7-12-26-11-5-6-13-28(26)37-20-19-34(23-31)30(36)27-22-38-29(32-27)21-25-9-3-2-4-10-25/h2-6,9-11,13,22H,7-8,12,14-21,23H2,1H3. The number of para-hydroxylation sites is 1. The average molecular weight is 532 g/mol. The molecule has 1 spiro atoms. The number of amides is 2. The van der Waals surface area contributed by atoms with Gasteiger partial charge in [0.1, 0.15) is 18.1 Å². The zero-order valence-electron chi connectivity index (χ0n) is 22.2. The number of likely N-dealkylation sites (tertiary alicyclic amines) is 1. The molecule has 0 radical (unpaired) electrons. The van der Waals surface area contributed by atoms with Crippen LogP contribution in [0.25, 0.3) is 0 Å². The molecule has 2 amide bonds. The minimum atomic E-state index is -0.0251. The third kappa shape index (κ3) is 6.44. The van der Waals surface area contributed by atoms with Gasteiger partial charge in [-0.1, -0.05) is 55.0 Å². The molecule has 7 heteroatoms. The van der Waals surface area contributed by atoms with Gasteiger partial charge in [-0.3, -0.25) is 9.59 Å². The third-order valence-corrected chi connectivity index (χ3v) is 8.90. The number of thiazole rings is 1. The highest BCUT2D eigenvalue weighted by atomic mass is 32.1. The predicted octanol–water partition coefficient (Wildman–Crippen LogP) is 5.61. The lowest BCUT2D eigenvalue weighted by Gasteiger charge is -2.44. The highest BCUT2D eigenvalue weighted by Crippen LogP contribution is 2.39. The molecule has 1 fully saturated rings. The SMILES string of the molecule is CC(=O)N1CCC2(CCCCc3ccccc3OCCN(C(=O)c3csc(Cc4ccccc4)n3)C2)CC1. The second-order valence-electron chi connectivity index (χ2n) is 10.7. The third-order valence-electron chi connectivity index (χ3n) is 8.05. The summed E-state index contributed by atoms with van der Waals surface area (Å²) >= 11 is 1.55. The van der Waals surface area contributed by atoms with Crippen LogP contribution in [0.5, 0.6) is 5.75 Å². The lowest BCUT2D eigenvalue weighted by atomic mass is 9.73. The molecule has 0 atom stereocenters. The quantitative estimate of drug-likeness (QED) is 0.441. The van der Waals surface area contributed by atoms with E-state index >= 15 is 0 Å². The van der Waals surface area contributed by atoms with Gasteiger partial charge in [0.05, 0.1) is 11.6 Å². The van der Waals surface area contributed by atoms with Gasteiger partial charge in [0.25, 0.3) is 5.91 Å². The van der Waals surface area contributed by atoms with Crippen molar-refractivity contribution in [1.29, 1.82) is 0 Å². The van der Waals surface area contributed by atoms with E-state index in [1.807, 2.05) is 45.5 Å². The second kappa shape index (κ2) is 12.1. The summed E-state index contributed by atoms with van der Waals surface area (Å²) in [5, 5.41) is 2.85. The van der Waals surface area contributed by atoms with Crippen molar-refractivity contribution in [3.63, 3.8) is 0 Å². The first-order valence-electron chi connectivity index (χ1n) is 13.8. The maximum Gasteiger partial charge on any atom is 0.273 e. The first-order valence-corrected chi connectivity index (χ1v) is 14.6. The highest BCUT2D eigenvalue weighted by Gasteiger charge is 2.38. The highest BCUT2D eigenvalue weighted by molar-refractivity contribution is 7.09. The Labute approximate surface area is 229 Å². The summed E-state index contributed by atoms with van der Waals surface area (Å²) in [6.45, 7) is 4.80. The van der Waals surface area contributed by atoms with E-state index < -0.39 is 0 Å². The van der Waals surface area contributed by atoms with Gasteiger partial charge >= 0.3 is 0 Å². The maximum atomic E-state index is 13.9. The van der Waals surface area contributed by atoms with Gasteiger partial charge < -0.3 is 14.5 Å². The minimum Gasteiger partial charge on any atom is -0.491 e. The Kier molecular flexibility index (Phi) is 8.42. The topological polar surface area (TPSA) is 62.7 Å². The molecule has 1 aromatic heterocycles. The number of aryl methyl sites for hydroxylation is 1. The van der Waals surface area contributed by atoms with Crippen molar-refractivity contribution in [3.05, 3.63) is 81.8 Å². The summed E-state index contributed by atoms with van der Waals surface area (Å²) in [6.07, 6.45) is 6.80. The molecule has 1 saturated heterocycles. The van der Waals surface area contributed by atoms with Gasteiger partial charge in [-0.2, -0.15) is 0 Å². The molecule has 5 rings (SSSR count). The number of carbonyl (C=O) groups excluding carboxylic acids is 2. The van der Waals surface area contributed by atoms with Gasteiger partial charge in [-0.15, -0.1) is 11.3 Å². The van der Waals surface area contributed by atoms with Crippen LogP contribution in [-0.2, 0) is 17.6 Å². The van der Waals surface area contributed by atoms with Crippen LogP contribution in [0.1, 0.15) is 65.7 Å². The lowest BCUT2D eigenvalue weighted by molar-refractivity contribution is -0.131. The Hall–Kier alpha value is -3.19. The Morgan fingerprint density at radius 1 is 0.947 bits per heavy atom. The molecule has 6 nitrogen and oxygen atoms in total. The van der Waals surface area contributed by atoms with Crippen LogP contribution in [0.3, 0.4) is 0 Å². The van der Waals surface area contributed by atoms with Crippen LogP contribution in [0, 0.1) is 5.41 Å². The molecule has 0 N–H and O–H groups in total. The Bertz CT molecular complexity index is 1230. The zero-order chi connectivity index (χ0) is 26.4. The first kappa shape index (κ1) is 26.4. The summed E-state index contributed by atoms with van der Waals surface area (Å²) in [6, 6.07) is 18.5. The van der Waals surface area contributed by atoms with Gasteiger partial charge in [-0.25, -0.2) is 4.98 Å². The number of piperidine rings is 1. The van der Waals surface area contributed by atoms with E-state index in [2.05, 4.69) is 24.3 Å². The number of hydrogen-bond acceptors (Lipinski definition) is 5. The largest absolute Gasteiger partial charge is 0.491 e. The van der Waals surface area contributed by atoms with E-state index in [0.29, 0.717) is 25.4 Å². The summed E-state index contributed by atoms with van der Waals surface area (Å²) in [7, 11) is 0. The average Bonchev–Trinajstić information content (AvgIpc) is 3.39. The number of hydrogen-bond donors (Lipinski definition) is 0. The molecule has 2 aromatic carbocycles. The summed E-state index contributed by atoms with van der Waals surface area (Å²) in [5.41, 5.74) is 2.94. The number of rotatable bonds is 3. The maximum absolute atomic E-state index is 13.9. The number of nitrogens with zero attached hydrogens (tertiary/aromatic N) is 3. The zero-order valence-corrected chi connectivity index (χ0v) is 23.0. The van der Waals surface area contributed by atoms with Gasteiger partial charge in [-0.05, 0) is 54.7 Å². The number of carbonyl (C=O) groups is 2. The van der Waals surface area contributed by atoms with E-state index in [1.54, 1.807) is 18.3 Å². The van der Waals surface area contributed by atoms with Crippen molar-refractivity contribution in [2.45, 2.75) is 51.9 Å². The van der Waals surface area contributed by atoms with Crippen molar-refractivity contribution in [3.8, 4) is 5.75 Å². The molecule has 3 aromatic rings. The van der Waals surface area contributed by atoms with E-state index in [9.17, 15) is 9.59 Å². The monoisotopic (exact) mass is 531 g/mol. The Morgan fingerprint density at radius 2 is 1.71 bits per heavy atom. The Balaban J connectivity index is 1.37. The summed E-state index contributed by atoms with van der Waals surface area (Å²) < 4.78 is 6.22. The summed E-state index contributed by atoms with van der Waals surface area (Å²) in [4.78, 5) is 34.6. The van der Waals surface area contributed by atoms with Crippen molar-refractivity contribution in [2.75, 3.05) is 32.8 Å². The smallest absolute Gasteiger partial charge is 0.273 e. The molecule has 0 saturated carbocycles. The molecule has 38 heavy (non-hydrogen) atoms. The molecule has 0 aliphatic carbocycles. The molecule has 2 aliphatic rings. The molecule has 0 unspecified atom stereocenters. The van der Waals surface area contributed by atoms with Crippen molar-refractivity contribution >= 4 is 23.2 Å². The van der Waals surface area contributed by atoms with Crippen LogP contribution in [0.2, 0.25) is 0 Å². The molecule has 200 valence electrons. The molecular formula is C31H37N3O3S. The first-order chi connectivity index (χ1) is 18.5. The summed E-state index contributed by atoms with van der Waals surface area (Å²) in [5.74, 6) is 1.03. The number of benzene rings is 2. The van der Waals surface area contributed by atoms with Crippen LogP contribution >= 0.6 is 11.3 Å². The number of fused-ring (bicyclic) bond motifs is 1. The van der Waals surface area contributed by atoms with Gasteiger partial charge in [0.15, 0.2) is 0 Å². The number of aromatic nitrogens is 1. The van der Waals surface area contributed by atoms with Crippen LogP contribution in [0.4, 0.5) is 0 Å². The lowest BCUT2D eigenvalue weighted by Crippen LogP contribution is -2.49. The van der Waals surface area contributed by atoms with Gasteiger partial charge in [0, 0.05) is 38.4 Å². The fraction of sp³-hybridized carbons (Fsp3) is 0.452. The fourth-order valence-corrected chi connectivity index (χ4v) is 6.60. The molecule has 0 bridgehead atoms. The van der Waals surface area contributed by atoms with Crippen molar-refractivity contribution < 1.29 is 14.3 Å². The minimum absolute atomic E-state index is 0.00319. The van der Waals surface area contributed by atoms with Crippen molar-refractivity contribution in [1.82, 2.24) is 14.8 Å². The van der Waals surface area contributed by atoms with Crippen LogP contribution in [-0.4, -0.2) is 59.4 Å². The van der Waals surface area contributed by atoms with Crippen LogP contribution < -0.4 is 4.74 Å². The van der Waals surface area contributed by atoms with E-state index in [4.69, 9.17) is 9.72 Å². The second-order valence-corrected chi connectivity index (χ2v) is 11.6.